The van der Waals surface area contributed by atoms with Gasteiger partial charge < -0.3 is 10.1 Å². The average Bonchev–Trinajstić information content (AvgIpc) is 2.66. The van der Waals surface area contributed by atoms with Gasteiger partial charge in [0.15, 0.2) is 0 Å². The zero-order valence-electron chi connectivity index (χ0n) is 9.96. The van der Waals surface area contributed by atoms with Crippen LogP contribution in [0.1, 0.15) is 5.56 Å². The van der Waals surface area contributed by atoms with Crippen molar-refractivity contribution in [3.63, 3.8) is 0 Å². The second-order valence-corrected chi connectivity index (χ2v) is 4.62. The lowest BCUT2D eigenvalue weighted by atomic mass is 10.2. The van der Waals surface area contributed by atoms with E-state index in [9.17, 15) is 4.79 Å². The Morgan fingerprint density at radius 2 is 2.18 bits per heavy atom. The number of urea groups is 1. The van der Waals surface area contributed by atoms with Gasteiger partial charge in [0.2, 0.25) is 0 Å². The van der Waals surface area contributed by atoms with Crippen LogP contribution in [0.3, 0.4) is 0 Å². The maximum Gasteiger partial charge on any atom is 0.319 e. The number of benzene rings is 1. The first kappa shape index (κ1) is 11.7. The molecule has 0 aliphatic rings. The Morgan fingerprint density at radius 1 is 1.41 bits per heavy atom. The summed E-state index contributed by atoms with van der Waals surface area (Å²) >= 11 is 1.52. The van der Waals surface area contributed by atoms with Crippen LogP contribution >= 0.6 is 11.3 Å². The zero-order valence-corrected chi connectivity index (χ0v) is 10.8. The summed E-state index contributed by atoms with van der Waals surface area (Å²) in [5.74, 6) is 0.834. The number of carbonyl (C=O) groups is 1. The first-order valence-corrected chi connectivity index (χ1v) is 6.04. The van der Waals surface area contributed by atoms with Crippen LogP contribution in [-0.4, -0.2) is 20.2 Å². The van der Waals surface area contributed by atoms with Gasteiger partial charge in [-0.15, -0.1) is 11.3 Å². The lowest BCUT2D eigenvalue weighted by molar-refractivity contribution is 0.254. The molecule has 17 heavy (non-hydrogen) atoms. The number of hydrogen-bond donors (Lipinski definition) is 2. The highest BCUT2D eigenvalue weighted by atomic mass is 32.1. The van der Waals surface area contributed by atoms with Gasteiger partial charge in [-0.25, -0.2) is 4.79 Å². The normalized spacial score (nSPS) is 10.3. The lowest BCUT2D eigenvalue weighted by Crippen LogP contribution is -2.24. The molecule has 5 heteroatoms. The SMILES string of the molecule is CNC(=O)Nc1sc2c(OC)cccc2c1C. The first-order valence-electron chi connectivity index (χ1n) is 5.22. The molecule has 0 aliphatic heterocycles. The molecule has 0 atom stereocenters. The third-order valence-corrected chi connectivity index (χ3v) is 3.84. The third-order valence-electron chi connectivity index (χ3n) is 2.60. The highest BCUT2D eigenvalue weighted by Crippen LogP contribution is 2.39. The highest BCUT2D eigenvalue weighted by molar-refractivity contribution is 7.23. The molecule has 2 rings (SSSR count). The Labute approximate surface area is 104 Å². The predicted octanol–water partition coefficient (Wildman–Crippen LogP) is 2.97. The minimum absolute atomic E-state index is 0.210. The summed E-state index contributed by atoms with van der Waals surface area (Å²) in [6.45, 7) is 1.99. The molecule has 0 spiro atoms. The summed E-state index contributed by atoms with van der Waals surface area (Å²) in [4.78, 5) is 11.3. The first-order chi connectivity index (χ1) is 8.17. The molecule has 0 saturated heterocycles. The van der Waals surface area contributed by atoms with Crippen molar-refractivity contribution in [3.8, 4) is 5.75 Å². The molecule has 0 bridgehead atoms. The van der Waals surface area contributed by atoms with Gasteiger partial charge in [0.25, 0.3) is 0 Å². The molecule has 0 fully saturated rings. The van der Waals surface area contributed by atoms with Gasteiger partial charge in [0.1, 0.15) is 10.8 Å². The number of rotatable bonds is 2. The van der Waals surface area contributed by atoms with Crippen molar-refractivity contribution < 1.29 is 9.53 Å². The molecule has 4 nitrogen and oxygen atoms in total. The number of anilines is 1. The molecule has 2 N–H and O–H groups in total. The van der Waals surface area contributed by atoms with E-state index in [2.05, 4.69) is 10.6 Å². The topological polar surface area (TPSA) is 50.4 Å². The Kier molecular flexibility index (Phi) is 3.19. The van der Waals surface area contributed by atoms with Gasteiger partial charge in [-0.3, -0.25) is 5.32 Å². The summed E-state index contributed by atoms with van der Waals surface area (Å²) in [7, 11) is 3.24. The number of hydrogen-bond acceptors (Lipinski definition) is 3. The summed E-state index contributed by atoms with van der Waals surface area (Å²) in [5, 5.41) is 7.32. The van der Waals surface area contributed by atoms with E-state index in [4.69, 9.17) is 4.74 Å². The van der Waals surface area contributed by atoms with E-state index in [-0.39, 0.29) is 6.03 Å². The summed E-state index contributed by atoms with van der Waals surface area (Å²) < 4.78 is 6.36. The maximum absolute atomic E-state index is 11.3. The second-order valence-electron chi connectivity index (χ2n) is 3.60. The van der Waals surface area contributed by atoms with Crippen molar-refractivity contribution in [2.24, 2.45) is 0 Å². The molecule has 0 saturated carbocycles. The van der Waals surface area contributed by atoms with E-state index < -0.39 is 0 Å². The summed E-state index contributed by atoms with van der Waals surface area (Å²) in [6, 6.07) is 5.68. The number of nitrogens with one attached hydrogen (secondary N) is 2. The fourth-order valence-electron chi connectivity index (χ4n) is 1.66. The van der Waals surface area contributed by atoms with Gasteiger partial charge >= 0.3 is 6.03 Å². The van der Waals surface area contributed by atoms with Gasteiger partial charge in [-0.1, -0.05) is 12.1 Å². The van der Waals surface area contributed by atoms with Crippen LogP contribution in [0.25, 0.3) is 10.1 Å². The van der Waals surface area contributed by atoms with Crippen LogP contribution in [0.2, 0.25) is 0 Å². The van der Waals surface area contributed by atoms with Crippen molar-refractivity contribution in [1.82, 2.24) is 5.32 Å². The molecule has 0 aliphatic carbocycles. The van der Waals surface area contributed by atoms with Gasteiger partial charge in [0, 0.05) is 12.4 Å². The number of fused-ring (bicyclic) bond motifs is 1. The smallest absolute Gasteiger partial charge is 0.319 e. The predicted molar refractivity (Wildman–Crippen MR) is 71.2 cm³/mol. The zero-order chi connectivity index (χ0) is 12.4. The monoisotopic (exact) mass is 250 g/mol. The molecule has 1 aromatic carbocycles. The number of amides is 2. The molecule has 0 unspecified atom stereocenters. The maximum atomic E-state index is 11.3. The quantitative estimate of drug-likeness (QED) is 0.861. The number of ether oxygens (including phenoxy) is 1. The lowest BCUT2D eigenvalue weighted by Gasteiger charge is -2.01. The van der Waals surface area contributed by atoms with Crippen molar-refractivity contribution >= 4 is 32.5 Å². The van der Waals surface area contributed by atoms with Crippen LogP contribution in [0, 0.1) is 6.92 Å². The molecule has 2 aromatic rings. The minimum atomic E-state index is -0.210. The van der Waals surface area contributed by atoms with E-state index in [0.717, 1.165) is 26.4 Å². The molecule has 0 radical (unpaired) electrons. The fourth-order valence-corrected chi connectivity index (χ4v) is 2.86. The van der Waals surface area contributed by atoms with Crippen molar-refractivity contribution in [1.29, 1.82) is 0 Å². The van der Waals surface area contributed by atoms with E-state index in [1.807, 2.05) is 25.1 Å². The van der Waals surface area contributed by atoms with E-state index in [1.54, 1.807) is 14.2 Å². The van der Waals surface area contributed by atoms with E-state index in [1.165, 1.54) is 11.3 Å². The number of carbonyl (C=O) groups excluding carboxylic acids is 1. The Balaban J connectivity index is 2.52. The van der Waals surface area contributed by atoms with Crippen molar-refractivity contribution in [2.75, 3.05) is 19.5 Å². The Morgan fingerprint density at radius 3 is 2.82 bits per heavy atom. The van der Waals surface area contributed by atoms with Crippen LogP contribution in [0.15, 0.2) is 18.2 Å². The second kappa shape index (κ2) is 4.63. The highest BCUT2D eigenvalue weighted by Gasteiger charge is 2.13. The number of aryl methyl sites for hydroxylation is 1. The molecular formula is C12H14N2O2S. The van der Waals surface area contributed by atoms with Crippen molar-refractivity contribution in [2.45, 2.75) is 6.92 Å². The van der Waals surface area contributed by atoms with Crippen LogP contribution < -0.4 is 15.4 Å². The van der Waals surface area contributed by atoms with Gasteiger partial charge in [-0.2, -0.15) is 0 Å². The number of methoxy groups -OCH3 is 1. The molecule has 90 valence electrons. The van der Waals surface area contributed by atoms with Crippen LogP contribution in [-0.2, 0) is 0 Å². The molecule has 1 heterocycles. The third kappa shape index (κ3) is 2.06. The standard InChI is InChI=1S/C12H14N2O2S/c1-7-8-5-4-6-9(16-3)10(8)17-11(7)14-12(15)13-2/h4-6H,1-3H3,(H2,13,14,15). The number of thiophene rings is 1. The fraction of sp³-hybridized carbons (Fsp3) is 0.250. The Bertz CT molecular complexity index is 563. The average molecular weight is 250 g/mol. The van der Waals surface area contributed by atoms with Gasteiger partial charge in [0.05, 0.1) is 11.8 Å². The van der Waals surface area contributed by atoms with Crippen LogP contribution in [0.4, 0.5) is 9.80 Å². The minimum Gasteiger partial charge on any atom is -0.495 e. The largest absolute Gasteiger partial charge is 0.495 e. The van der Waals surface area contributed by atoms with E-state index >= 15 is 0 Å². The van der Waals surface area contributed by atoms with Crippen molar-refractivity contribution in [3.05, 3.63) is 23.8 Å². The van der Waals surface area contributed by atoms with E-state index in [0.29, 0.717) is 0 Å². The molecule has 2 amide bonds. The van der Waals surface area contributed by atoms with Gasteiger partial charge in [-0.05, 0) is 18.6 Å². The summed E-state index contributed by atoms with van der Waals surface area (Å²) in [5.41, 5.74) is 1.06. The molecule has 1 aromatic heterocycles. The summed E-state index contributed by atoms with van der Waals surface area (Å²) in [6.07, 6.45) is 0. The Hall–Kier alpha value is -1.75. The molecular weight excluding hydrogens is 236 g/mol. The van der Waals surface area contributed by atoms with Crippen LogP contribution in [0.5, 0.6) is 5.75 Å².